The number of aliphatic hydroxyl groups excluding tert-OH is 1. The maximum Gasteiger partial charge on any atom is 0.326 e. The molecule has 5 N–H and O–H groups in total. The van der Waals surface area contributed by atoms with Crippen LogP contribution in [0.4, 0.5) is 0 Å². The Morgan fingerprint density at radius 2 is 1.27 bits per heavy atom. The molecule has 0 aromatic carbocycles. The van der Waals surface area contributed by atoms with Crippen molar-refractivity contribution in [2.75, 3.05) is 0 Å². The van der Waals surface area contributed by atoms with Crippen molar-refractivity contribution >= 4 is 23.8 Å². The number of carbonyl (C=O) groups is 4. The summed E-state index contributed by atoms with van der Waals surface area (Å²) in [6.07, 6.45) is 8.02. The molecule has 9 heteroatoms. The van der Waals surface area contributed by atoms with Crippen LogP contribution in [0, 0.1) is 68.5 Å². The van der Waals surface area contributed by atoms with Crippen molar-refractivity contribution in [3.8, 4) is 0 Å². The number of aliphatic hydroxyl groups is 1. The van der Waals surface area contributed by atoms with Gasteiger partial charge in [0.2, 0.25) is 11.8 Å². The Balaban J connectivity index is 1.48. The third-order valence-corrected chi connectivity index (χ3v) is 16.3. The van der Waals surface area contributed by atoms with E-state index in [0.717, 1.165) is 63.4 Å². The number of amides is 2. The molecular formula is C42H68N2O7. The van der Waals surface area contributed by atoms with Gasteiger partial charge in [-0.2, -0.15) is 0 Å². The zero-order chi connectivity index (χ0) is 38.1. The summed E-state index contributed by atoms with van der Waals surface area (Å²) in [5.41, 5.74) is -1.01. The molecule has 0 aromatic heterocycles. The van der Waals surface area contributed by atoms with Crippen molar-refractivity contribution in [3.05, 3.63) is 12.2 Å². The summed E-state index contributed by atoms with van der Waals surface area (Å²) in [6.45, 7) is 23.6. The molecule has 5 aliphatic rings. The Hall–Kier alpha value is -2.42. The number of rotatable bonds is 11. The van der Waals surface area contributed by atoms with Gasteiger partial charge in [0.1, 0.15) is 12.1 Å². The van der Waals surface area contributed by atoms with Gasteiger partial charge >= 0.3 is 11.9 Å². The van der Waals surface area contributed by atoms with Crippen LogP contribution in [0.1, 0.15) is 139 Å². The number of carbonyl (C=O) groups excluding carboxylic acids is 2. The van der Waals surface area contributed by atoms with Crippen molar-refractivity contribution < 1.29 is 34.5 Å². The molecule has 0 unspecified atom stereocenters. The molecule has 0 aliphatic heterocycles. The average molecular weight is 713 g/mol. The van der Waals surface area contributed by atoms with Gasteiger partial charge in [-0.1, -0.05) is 60.6 Å². The highest BCUT2D eigenvalue weighted by Gasteiger charge is 2.73. The van der Waals surface area contributed by atoms with Crippen molar-refractivity contribution in [3.63, 3.8) is 0 Å². The molecule has 5 saturated carbocycles. The first-order chi connectivity index (χ1) is 23.6. The summed E-state index contributed by atoms with van der Waals surface area (Å²) >= 11 is 0. The van der Waals surface area contributed by atoms with E-state index in [-0.39, 0.29) is 63.6 Å². The minimum atomic E-state index is -1.11. The molecule has 2 amide bonds. The Labute approximate surface area is 306 Å². The van der Waals surface area contributed by atoms with Crippen LogP contribution < -0.4 is 10.6 Å². The normalized spacial score (nSPS) is 42.8. The molecule has 51 heavy (non-hydrogen) atoms. The second-order valence-corrected chi connectivity index (χ2v) is 19.7. The zero-order valence-electron chi connectivity index (χ0n) is 32.9. The summed E-state index contributed by atoms with van der Waals surface area (Å²) in [4.78, 5) is 53.2. The highest BCUT2D eigenvalue weighted by Crippen LogP contribution is 2.77. The summed E-state index contributed by atoms with van der Waals surface area (Å²) in [5, 5.41) is 37.5. The van der Waals surface area contributed by atoms with Gasteiger partial charge in [0.25, 0.3) is 0 Å². The van der Waals surface area contributed by atoms with E-state index in [2.05, 4.69) is 44.9 Å². The molecule has 0 spiro atoms. The number of fused-ring (bicyclic) bond motifs is 7. The van der Waals surface area contributed by atoms with Gasteiger partial charge in [0.05, 0.1) is 16.9 Å². The number of hydrogen-bond donors (Lipinski definition) is 5. The van der Waals surface area contributed by atoms with Crippen molar-refractivity contribution in [1.82, 2.24) is 10.6 Å². The smallest absolute Gasteiger partial charge is 0.326 e. The van der Waals surface area contributed by atoms with Gasteiger partial charge in [0, 0.05) is 0 Å². The largest absolute Gasteiger partial charge is 0.480 e. The number of nitrogens with one attached hydrogen (secondary N) is 2. The third-order valence-electron chi connectivity index (χ3n) is 16.3. The van der Waals surface area contributed by atoms with Crippen LogP contribution in [-0.4, -0.2) is 57.3 Å². The van der Waals surface area contributed by atoms with Crippen molar-refractivity contribution in [2.45, 2.75) is 158 Å². The molecule has 5 fully saturated rings. The second kappa shape index (κ2) is 13.8. The molecule has 288 valence electrons. The van der Waals surface area contributed by atoms with Gasteiger partial charge in [-0.3, -0.25) is 9.59 Å². The lowest BCUT2D eigenvalue weighted by Crippen LogP contribution is -2.69. The van der Waals surface area contributed by atoms with E-state index in [9.17, 15) is 34.5 Å². The SMILES string of the molecule is C=C(C)[C@@H]1CC[C@]2(C(=O)N[C@@H](CC(C)C)C(=O)O)CC[C@]3(C)[C@H](CC[C@@H]4[C@@]5(C)CC[C@@H](O)[C@@](C)(C(=O)N[C@@H](CC(C)C)C(=O)O)[C@@H]5CC[C@]43C)[C@@H]12. The maximum atomic E-state index is 14.5. The lowest BCUT2D eigenvalue weighted by atomic mass is 9.32. The Bertz CT molecular complexity index is 1410. The Morgan fingerprint density at radius 3 is 1.80 bits per heavy atom. The predicted octanol–water partition coefficient (Wildman–Crippen LogP) is 7.22. The van der Waals surface area contributed by atoms with Gasteiger partial charge < -0.3 is 26.0 Å². The van der Waals surface area contributed by atoms with Crippen LogP contribution >= 0.6 is 0 Å². The van der Waals surface area contributed by atoms with Crippen molar-refractivity contribution in [2.24, 2.45) is 68.5 Å². The molecule has 0 radical (unpaired) electrons. The van der Waals surface area contributed by atoms with E-state index in [1.807, 2.05) is 34.6 Å². The lowest BCUT2D eigenvalue weighted by molar-refractivity contribution is -0.246. The molecule has 0 heterocycles. The maximum absolute atomic E-state index is 14.5. The van der Waals surface area contributed by atoms with Gasteiger partial charge in [-0.25, -0.2) is 9.59 Å². The van der Waals surface area contributed by atoms with Crippen LogP contribution in [0.15, 0.2) is 12.2 Å². The van der Waals surface area contributed by atoms with Crippen LogP contribution in [0.5, 0.6) is 0 Å². The number of allylic oxidation sites excluding steroid dienone is 1. The van der Waals surface area contributed by atoms with E-state index in [0.29, 0.717) is 25.2 Å². The summed E-state index contributed by atoms with van der Waals surface area (Å²) in [6, 6.07) is -1.90. The first-order valence-electron chi connectivity index (χ1n) is 20.0. The molecular weight excluding hydrogens is 644 g/mol. The second-order valence-electron chi connectivity index (χ2n) is 19.7. The first-order valence-corrected chi connectivity index (χ1v) is 20.0. The fourth-order valence-electron chi connectivity index (χ4n) is 13.5. The molecule has 5 rings (SSSR count). The molecule has 9 nitrogen and oxygen atoms in total. The van der Waals surface area contributed by atoms with E-state index >= 15 is 0 Å². The number of hydrogen-bond acceptors (Lipinski definition) is 5. The van der Waals surface area contributed by atoms with E-state index < -0.39 is 41.0 Å². The summed E-state index contributed by atoms with van der Waals surface area (Å²) in [5.74, 6) is -1.47. The van der Waals surface area contributed by atoms with Crippen LogP contribution in [0.2, 0.25) is 0 Å². The topological polar surface area (TPSA) is 153 Å². The van der Waals surface area contributed by atoms with Gasteiger partial charge in [-0.15, -0.1) is 0 Å². The fraction of sp³-hybridized carbons (Fsp3) is 0.857. The average Bonchev–Trinajstić information content (AvgIpc) is 3.43. The first kappa shape index (κ1) is 39.8. The Morgan fingerprint density at radius 1 is 0.706 bits per heavy atom. The molecule has 13 atom stereocenters. The van der Waals surface area contributed by atoms with Crippen LogP contribution in [0.25, 0.3) is 0 Å². The third kappa shape index (κ3) is 6.17. The summed E-state index contributed by atoms with van der Waals surface area (Å²) < 4.78 is 0. The highest BCUT2D eigenvalue weighted by molar-refractivity contribution is 5.89. The number of carboxylic acid groups (broad SMARTS) is 2. The van der Waals surface area contributed by atoms with Crippen molar-refractivity contribution in [1.29, 1.82) is 0 Å². The van der Waals surface area contributed by atoms with E-state index in [4.69, 9.17) is 0 Å². The van der Waals surface area contributed by atoms with Crippen LogP contribution in [-0.2, 0) is 19.2 Å². The molecule has 0 saturated heterocycles. The van der Waals surface area contributed by atoms with Gasteiger partial charge in [-0.05, 0) is 149 Å². The monoisotopic (exact) mass is 713 g/mol. The predicted molar refractivity (Wildman–Crippen MR) is 197 cm³/mol. The van der Waals surface area contributed by atoms with Crippen LogP contribution in [0.3, 0.4) is 0 Å². The fourth-order valence-corrected chi connectivity index (χ4v) is 13.5. The van der Waals surface area contributed by atoms with E-state index in [1.54, 1.807) is 0 Å². The lowest BCUT2D eigenvalue weighted by Gasteiger charge is -2.72. The standard InChI is InChI=1S/C42H68N2O7/c1-23(2)21-28(34(46)47)43-36(50)41(10)31-14-17-40(9)30(38(31,7)16-15-32(41)45)12-11-27-33-26(25(5)6)13-18-42(33,20-19-39(27,40)8)37(51)44-29(35(48)49)22-24(3)4/h23-24,26-33,45H,5,11-22H2,1-4,6-10H3,(H,43,50)(H,44,51)(H,46,47)(H,48,49)/t26-,27+,28-,29-,30+,31+,32+,33+,38+,39+,40+,41-,42-/m0/s1. The quantitative estimate of drug-likeness (QED) is 0.142. The molecule has 0 aromatic rings. The highest BCUT2D eigenvalue weighted by atomic mass is 16.4. The Kier molecular flexibility index (Phi) is 10.7. The zero-order valence-corrected chi connectivity index (χ0v) is 32.9. The van der Waals surface area contributed by atoms with E-state index in [1.165, 1.54) is 0 Å². The summed E-state index contributed by atoms with van der Waals surface area (Å²) in [7, 11) is 0. The number of carboxylic acids is 2. The molecule has 0 bridgehead atoms. The number of aliphatic carboxylic acids is 2. The minimum Gasteiger partial charge on any atom is -0.480 e. The molecule has 5 aliphatic carbocycles. The van der Waals surface area contributed by atoms with Gasteiger partial charge in [0.15, 0.2) is 0 Å². The minimum absolute atomic E-state index is 0.0752.